The summed E-state index contributed by atoms with van der Waals surface area (Å²) < 4.78 is 40.0. The van der Waals surface area contributed by atoms with Gasteiger partial charge in [-0.05, 0) is 37.5 Å². The number of methoxy groups -OCH3 is 2. The Morgan fingerprint density at radius 2 is 2.00 bits per heavy atom. The smallest absolute Gasteiger partial charge is 0.176 e. The van der Waals surface area contributed by atoms with E-state index in [1.165, 1.54) is 7.11 Å². The molecule has 0 amide bonds. The van der Waals surface area contributed by atoms with E-state index in [1.54, 1.807) is 25.3 Å². The molecule has 8 heteroatoms. The third kappa shape index (κ3) is 5.00. The molecule has 150 valence electrons. The molecule has 3 rings (SSSR count). The molecule has 0 unspecified atom stereocenters. The second kappa shape index (κ2) is 8.58. The summed E-state index contributed by atoms with van der Waals surface area (Å²) in [6.07, 6.45) is 2.58. The summed E-state index contributed by atoms with van der Waals surface area (Å²) in [6.45, 7) is 1.47. The number of carbonyl (C=O) groups excluding carboxylic acids is 1. The fourth-order valence-corrected chi connectivity index (χ4v) is 5.50. The molecular formula is C19H27NO6S. The van der Waals surface area contributed by atoms with Crippen LogP contribution < -0.4 is 9.47 Å². The van der Waals surface area contributed by atoms with Crippen molar-refractivity contribution < 1.29 is 27.4 Å². The van der Waals surface area contributed by atoms with Crippen molar-refractivity contribution in [1.29, 1.82) is 0 Å². The molecule has 27 heavy (non-hydrogen) atoms. The minimum atomic E-state index is -3.02. The van der Waals surface area contributed by atoms with Crippen molar-refractivity contribution >= 4 is 15.6 Å². The monoisotopic (exact) mass is 397 g/mol. The molecule has 0 aliphatic carbocycles. The molecule has 0 aromatic heterocycles. The van der Waals surface area contributed by atoms with Crippen molar-refractivity contribution in [3.8, 4) is 11.5 Å². The van der Waals surface area contributed by atoms with Crippen LogP contribution in [0.4, 0.5) is 0 Å². The highest BCUT2D eigenvalue weighted by Crippen LogP contribution is 2.28. The highest BCUT2D eigenvalue weighted by Gasteiger charge is 2.35. The molecule has 2 aliphatic heterocycles. The fourth-order valence-electron chi connectivity index (χ4n) is 3.74. The second-order valence-electron chi connectivity index (χ2n) is 7.11. The Bertz CT molecular complexity index is 772. The number of ketones is 1. The standard InChI is InChI=1S/C19H27NO6S/c1-24-18-6-5-14(10-19(18)25-2)17(21)12-20(11-16-4-3-8-26-16)15-7-9-27(22,23)13-15/h5-6,10,15-16H,3-4,7-9,11-13H2,1-2H3/t15-,16-/m0/s1. The second-order valence-corrected chi connectivity index (χ2v) is 9.34. The van der Waals surface area contributed by atoms with E-state index in [9.17, 15) is 13.2 Å². The molecular weight excluding hydrogens is 370 g/mol. The summed E-state index contributed by atoms with van der Waals surface area (Å²) in [5.74, 6) is 1.28. The van der Waals surface area contributed by atoms with Gasteiger partial charge in [0.15, 0.2) is 27.1 Å². The molecule has 2 saturated heterocycles. The maximum Gasteiger partial charge on any atom is 0.176 e. The van der Waals surface area contributed by atoms with Gasteiger partial charge in [0.2, 0.25) is 0 Å². The van der Waals surface area contributed by atoms with E-state index in [0.717, 1.165) is 19.4 Å². The van der Waals surface area contributed by atoms with Gasteiger partial charge in [0.1, 0.15) is 0 Å². The highest BCUT2D eigenvalue weighted by atomic mass is 32.2. The molecule has 0 spiro atoms. The summed E-state index contributed by atoms with van der Waals surface area (Å²) in [4.78, 5) is 14.9. The van der Waals surface area contributed by atoms with Crippen LogP contribution in [0, 0.1) is 0 Å². The van der Waals surface area contributed by atoms with Crippen LogP contribution in [0.25, 0.3) is 0 Å². The third-order valence-corrected chi connectivity index (χ3v) is 6.99. The molecule has 7 nitrogen and oxygen atoms in total. The van der Waals surface area contributed by atoms with Crippen molar-refractivity contribution in [2.45, 2.75) is 31.4 Å². The number of hydrogen-bond acceptors (Lipinski definition) is 7. The zero-order valence-corrected chi connectivity index (χ0v) is 16.7. The van der Waals surface area contributed by atoms with Gasteiger partial charge < -0.3 is 14.2 Å². The lowest BCUT2D eigenvalue weighted by atomic mass is 10.1. The van der Waals surface area contributed by atoms with Gasteiger partial charge in [-0.25, -0.2) is 8.42 Å². The summed E-state index contributed by atoms with van der Waals surface area (Å²) in [6, 6.07) is 4.94. The number of ether oxygens (including phenoxy) is 3. The van der Waals surface area contributed by atoms with Crippen LogP contribution in [0.15, 0.2) is 18.2 Å². The van der Waals surface area contributed by atoms with Gasteiger partial charge in [-0.2, -0.15) is 0 Å². The minimum absolute atomic E-state index is 0.0616. The van der Waals surface area contributed by atoms with Crippen molar-refractivity contribution in [1.82, 2.24) is 4.90 Å². The lowest BCUT2D eigenvalue weighted by molar-refractivity contribution is 0.0566. The lowest BCUT2D eigenvalue weighted by Crippen LogP contribution is -2.44. The summed E-state index contributed by atoms with van der Waals surface area (Å²) >= 11 is 0. The number of nitrogens with zero attached hydrogens (tertiary/aromatic N) is 1. The number of benzene rings is 1. The summed E-state index contributed by atoms with van der Waals surface area (Å²) in [5.41, 5.74) is 0.519. The van der Waals surface area contributed by atoms with Crippen molar-refractivity contribution in [3.63, 3.8) is 0 Å². The Kier molecular flexibility index (Phi) is 6.39. The topological polar surface area (TPSA) is 82.1 Å². The van der Waals surface area contributed by atoms with Crippen LogP contribution in [-0.4, -0.2) is 76.7 Å². The number of hydrogen-bond donors (Lipinski definition) is 0. The first-order chi connectivity index (χ1) is 12.9. The normalized spacial score (nSPS) is 24.3. The van der Waals surface area contributed by atoms with Crippen LogP contribution in [0.3, 0.4) is 0 Å². The minimum Gasteiger partial charge on any atom is -0.493 e. The van der Waals surface area contributed by atoms with E-state index >= 15 is 0 Å². The van der Waals surface area contributed by atoms with E-state index in [2.05, 4.69) is 0 Å². The Hall–Kier alpha value is -1.64. The Morgan fingerprint density at radius 3 is 2.59 bits per heavy atom. The van der Waals surface area contributed by atoms with Crippen molar-refractivity contribution in [2.75, 3.05) is 45.4 Å². The van der Waals surface area contributed by atoms with Crippen LogP contribution in [0.5, 0.6) is 11.5 Å². The first-order valence-corrected chi connectivity index (χ1v) is 11.1. The predicted octanol–water partition coefficient (Wildman–Crippen LogP) is 1.55. The zero-order chi connectivity index (χ0) is 19.4. The molecule has 2 heterocycles. The molecule has 0 bridgehead atoms. The van der Waals surface area contributed by atoms with Crippen LogP contribution >= 0.6 is 0 Å². The number of sulfone groups is 1. The highest BCUT2D eigenvalue weighted by molar-refractivity contribution is 7.91. The van der Waals surface area contributed by atoms with Gasteiger partial charge >= 0.3 is 0 Å². The van der Waals surface area contributed by atoms with Gasteiger partial charge in [0.05, 0.1) is 38.4 Å². The number of carbonyl (C=O) groups is 1. The SMILES string of the molecule is COc1ccc(C(=O)CN(C[C@@H]2CCCO2)[C@H]2CCS(=O)(=O)C2)cc1OC. The first kappa shape index (κ1) is 20.1. The van der Waals surface area contributed by atoms with Gasteiger partial charge in [-0.1, -0.05) is 0 Å². The Morgan fingerprint density at radius 1 is 1.22 bits per heavy atom. The van der Waals surface area contributed by atoms with Crippen LogP contribution in [0.1, 0.15) is 29.6 Å². The average Bonchev–Trinajstić information content (AvgIpc) is 3.29. The molecule has 2 atom stereocenters. The summed E-state index contributed by atoms with van der Waals surface area (Å²) in [7, 11) is 0.0474. The predicted molar refractivity (Wildman–Crippen MR) is 101 cm³/mol. The largest absolute Gasteiger partial charge is 0.493 e. The van der Waals surface area contributed by atoms with Gasteiger partial charge in [-0.3, -0.25) is 9.69 Å². The van der Waals surface area contributed by atoms with E-state index < -0.39 is 9.84 Å². The van der Waals surface area contributed by atoms with E-state index in [4.69, 9.17) is 14.2 Å². The maximum absolute atomic E-state index is 12.9. The van der Waals surface area contributed by atoms with E-state index in [1.807, 2.05) is 4.90 Å². The Labute approximate surface area is 160 Å². The Balaban J connectivity index is 1.75. The molecule has 0 saturated carbocycles. The number of Topliss-reactive ketones (excluding diaryl/α,β-unsaturated/α-hetero) is 1. The van der Waals surface area contributed by atoms with Crippen LogP contribution in [0.2, 0.25) is 0 Å². The van der Waals surface area contributed by atoms with Gasteiger partial charge in [0.25, 0.3) is 0 Å². The van der Waals surface area contributed by atoms with Crippen LogP contribution in [-0.2, 0) is 14.6 Å². The lowest BCUT2D eigenvalue weighted by Gasteiger charge is -2.29. The quantitative estimate of drug-likeness (QED) is 0.616. The molecule has 0 N–H and O–H groups in total. The average molecular weight is 397 g/mol. The van der Waals surface area contributed by atoms with Gasteiger partial charge in [-0.15, -0.1) is 0 Å². The molecule has 0 radical (unpaired) electrons. The first-order valence-electron chi connectivity index (χ1n) is 9.23. The molecule has 2 fully saturated rings. The van der Waals surface area contributed by atoms with Gasteiger partial charge in [0, 0.05) is 24.8 Å². The maximum atomic E-state index is 12.9. The van der Waals surface area contributed by atoms with Crippen molar-refractivity contribution in [2.24, 2.45) is 0 Å². The zero-order valence-electron chi connectivity index (χ0n) is 15.8. The fraction of sp³-hybridized carbons (Fsp3) is 0.632. The summed E-state index contributed by atoms with van der Waals surface area (Å²) in [5, 5.41) is 0. The van der Waals surface area contributed by atoms with E-state index in [-0.39, 0.29) is 36.0 Å². The molecule has 1 aromatic carbocycles. The third-order valence-electron chi connectivity index (χ3n) is 5.24. The molecule has 1 aromatic rings. The van der Waals surface area contributed by atoms with E-state index in [0.29, 0.717) is 30.0 Å². The number of rotatable bonds is 8. The molecule has 2 aliphatic rings. The van der Waals surface area contributed by atoms with Crippen molar-refractivity contribution in [3.05, 3.63) is 23.8 Å².